The highest BCUT2D eigenvalue weighted by molar-refractivity contribution is 8.01. The van der Waals surface area contributed by atoms with Crippen molar-refractivity contribution in [3.63, 3.8) is 0 Å². The second-order valence-corrected chi connectivity index (χ2v) is 4.69. The standard InChI is InChI=1S/C8H8F2N2OS2/c9-6(10)2-1-3-14-8-12-5(4-15-8)7(11)13/h2,4H,1,3H2,(H2,11,13). The summed E-state index contributed by atoms with van der Waals surface area (Å²) in [6, 6.07) is 0. The molecular weight excluding hydrogens is 242 g/mol. The van der Waals surface area contributed by atoms with Gasteiger partial charge in [0.2, 0.25) is 0 Å². The number of rotatable bonds is 5. The van der Waals surface area contributed by atoms with Crippen LogP contribution in [0.2, 0.25) is 0 Å². The molecule has 1 aromatic rings. The average molecular weight is 250 g/mol. The van der Waals surface area contributed by atoms with Gasteiger partial charge >= 0.3 is 0 Å². The lowest BCUT2D eigenvalue weighted by Crippen LogP contribution is -2.10. The molecule has 1 rings (SSSR count). The SMILES string of the molecule is NC(=O)c1csc(SCCC=C(F)F)n1. The Bertz CT molecular complexity index is 374. The number of nitrogens with two attached hydrogens (primary N) is 1. The number of hydrogen-bond acceptors (Lipinski definition) is 4. The molecule has 15 heavy (non-hydrogen) atoms. The summed E-state index contributed by atoms with van der Waals surface area (Å²) < 4.78 is 24.0. The van der Waals surface area contributed by atoms with Crippen LogP contribution in [-0.4, -0.2) is 16.6 Å². The van der Waals surface area contributed by atoms with E-state index in [-0.39, 0.29) is 12.1 Å². The second-order valence-electron chi connectivity index (χ2n) is 2.49. The smallest absolute Gasteiger partial charge is 0.268 e. The molecule has 1 amide bonds. The van der Waals surface area contributed by atoms with Gasteiger partial charge in [-0.05, 0) is 12.5 Å². The molecule has 1 heterocycles. The molecule has 0 spiro atoms. The predicted octanol–water partition coefficient (Wildman–Crippen LogP) is 2.50. The quantitative estimate of drug-likeness (QED) is 0.645. The van der Waals surface area contributed by atoms with Crippen LogP contribution in [0.5, 0.6) is 0 Å². The van der Waals surface area contributed by atoms with Crippen LogP contribution in [-0.2, 0) is 0 Å². The Morgan fingerprint density at radius 3 is 2.93 bits per heavy atom. The normalized spacial score (nSPS) is 10.0. The Hall–Kier alpha value is -0.950. The number of amides is 1. The summed E-state index contributed by atoms with van der Waals surface area (Å²) in [5.41, 5.74) is 5.23. The van der Waals surface area contributed by atoms with Crippen molar-refractivity contribution in [1.29, 1.82) is 0 Å². The molecule has 0 unspecified atom stereocenters. The molecule has 0 aromatic carbocycles. The maximum absolute atomic E-state index is 11.6. The molecule has 0 saturated heterocycles. The lowest BCUT2D eigenvalue weighted by molar-refractivity contribution is 0.0996. The van der Waals surface area contributed by atoms with E-state index in [0.29, 0.717) is 10.1 Å². The molecule has 0 aliphatic rings. The summed E-state index contributed by atoms with van der Waals surface area (Å²) in [7, 11) is 0. The molecule has 82 valence electrons. The number of halogens is 2. The van der Waals surface area contributed by atoms with Crippen LogP contribution in [0, 0.1) is 0 Å². The zero-order valence-corrected chi connectivity index (χ0v) is 9.21. The Morgan fingerprint density at radius 1 is 1.67 bits per heavy atom. The van der Waals surface area contributed by atoms with E-state index < -0.39 is 12.0 Å². The minimum absolute atomic E-state index is 0.217. The van der Waals surface area contributed by atoms with Gasteiger partial charge in [-0.15, -0.1) is 11.3 Å². The molecule has 3 nitrogen and oxygen atoms in total. The van der Waals surface area contributed by atoms with Crippen molar-refractivity contribution in [3.8, 4) is 0 Å². The highest BCUT2D eigenvalue weighted by atomic mass is 32.2. The summed E-state index contributed by atoms with van der Waals surface area (Å²) in [6.45, 7) is 0. The van der Waals surface area contributed by atoms with Crippen molar-refractivity contribution in [2.75, 3.05) is 5.75 Å². The summed E-state index contributed by atoms with van der Waals surface area (Å²) >= 11 is 2.60. The number of primary amides is 1. The Labute approximate surface area is 93.4 Å². The van der Waals surface area contributed by atoms with Crippen LogP contribution < -0.4 is 5.73 Å². The van der Waals surface area contributed by atoms with E-state index in [2.05, 4.69) is 4.98 Å². The van der Waals surface area contributed by atoms with Crippen molar-refractivity contribution in [2.45, 2.75) is 10.8 Å². The van der Waals surface area contributed by atoms with Gasteiger partial charge in [-0.1, -0.05) is 11.8 Å². The van der Waals surface area contributed by atoms with Gasteiger partial charge in [-0.3, -0.25) is 4.79 Å². The third-order valence-corrected chi connectivity index (χ3v) is 3.43. The fourth-order valence-electron chi connectivity index (χ4n) is 0.751. The van der Waals surface area contributed by atoms with Gasteiger partial charge in [0.05, 0.1) is 0 Å². The maximum atomic E-state index is 11.6. The van der Waals surface area contributed by atoms with Crippen LogP contribution in [0.3, 0.4) is 0 Å². The summed E-state index contributed by atoms with van der Waals surface area (Å²) in [5, 5.41) is 1.55. The van der Waals surface area contributed by atoms with E-state index in [1.54, 1.807) is 5.38 Å². The zero-order chi connectivity index (χ0) is 11.3. The number of thioether (sulfide) groups is 1. The minimum atomic E-state index is -1.67. The van der Waals surface area contributed by atoms with Gasteiger partial charge in [-0.25, -0.2) is 4.98 Å². The van der Waals surface area contributed by atoms with Crippen LogP contribution in [0.4, 0.5) is 8.78 Å². The monoisotopic (exact) mass is 250 g/mol. The highest BCUT2D eigenvalue weighted by Gasteiger charge is 2.06. The van der Waals surface area contributed by atoms with Gasteiger partial charge in [0, 0.05) is 11.1 Å². The molecule has 0 aliphatic carbocycles. The van der Waals surface area contributed by atoms with Crippen molar-refractivity contribution < 1.29 is 13.6 Å². The Kier molecular flexibility index (Phi) is 4.70. The van der Waals surface area contributed by atoms with Crippen LogP contribution in [0.1, 0.15) is 16.9 Å². The molecular formula is C8H8F2N2OS2. The Balaban J connectivity index is 2.38. The largest absolute Gasteiger partial charge is 0.364 e. The Morgan fingerprint density at radius 2 is 2.40 bits per heavy atom. The van der Waals surface area contributed by atoms with Crippen LogP contribution >= 0.6 is 23.1 Å². The van der Waals surface area contributed by atoms with Gasteiger partial charge in [0.25, 0.3) is 12.0 Å². The first-order chi connectivity index (χ1) is 7.09. The van der Waals surface area contributed by atoms with E-state index in [1.807, 2.05) is 0 Å². The lowest BCUT2D eigenvalue weighted by Gasteiger charge is -1.91. The van der Waals surface area contributed by atoms with Gasteiger partial charge in [0.15, 0.2) is 4.34 Å². The van der Waals surface area contributed by atoms with E-state index in [1.165, 1.54) is 23.1 Å². The molecule has 2 N–H and O–H groups in total. The number of allylic oxidation sites excluding steroid dienone is 1. The molecule has 0 aliphatic heterocycles. The van der Waals surface area contributed by atoms with E-state index in [9.17, 15) is 13.6 Å². The summed E-state index contributed by atoms with van der Waals surface area (Å²) in [5.74, 6) is -0.0731. The predicted molar refractivity (Wildman–Crippen MR) is 56.3 cm³/mol. The van der Waals surface area contributed by atoms with E-state index in [4.69, 9.17) is 5.73 Å². The van der Waals surface area contributed by atoms with Crippen LogP contribution in [0.25, 0.3) is 0 Å². The summed E-state index contributed by atoms with van der Waals surface area (Å²) in [6.07, 6.45) is -0.541. The number of hydrogen-bond donors (Lipinski definition) is 1. The van der Waals surface area contributed by atoms with Crippen molar-refractivity contribution in [3.05, 3.63) is 23.2 Å². The third kappa shape index (κ3) is 4.39. The molecule has 0 radical (unpaired) electrons. The minimum Gasteiger partial charge on any atom is -0.364 e. The molecule has 7 heteroatoms. The van der Waals surface area contributed by atoms with Gasteiger partial charge in [0.1, 0.15) is 5.69 Å². The molecule has 0 fully saturated rings. The van der Waals surface area contributed by atoms with Gasteiger partial charge in [-0.2, -0.15) is 8.78 Å². The molecule has 1 aromatic heterocycles. The maximum Gasteiger partial charge on any atom is 0.268 e. The molecule has 0 atom stereocenters. The van der Waals surface area contributed by atoms with Gasteiger partial charge < -0.3 is 5.73 Å². The van der Waals surface area contributed by atoms with Crippen molar-refractivity contribution in [2.24, 2.45) is 5.73 Å². The first-order valence-corrected chi connectivity index (χ1v) is 5.85. The number of carbonyl (C=O) groups is 1. The van der Waals surface area contributed by atoms with E-state index in [0.717, 1.165) is 6.08 Å². The number of thiazole rings is 1. The number of carbonyl (C=O) groups excluding carboxylic acids is 1. The number of nitrogens with zero attached hydrogens (tertiary/aromatic N) is 1. The first-order valence-electron chi connectivity index (χ1n) is 3.99. The second kappa shape index (κ2) is 5.82. The van der Waals surface area contributed by atoms with Crippen molar-refractivity contribution >= 4 is 29.0 Å². The van der Waals surface area contributed by atoms with Crippen molar-refractivity contribution in [1.82, 2.24) is 4.98 Å². The fourth-order valence-corrected chi connectivity index (χ4v) is 2.52. The molecule has 0 bridgehead atoms. The fraction of sp³-hybridized carbons (Fsp3) is 0.250. The average Bonchev–Trinajstić information content (AvgIpc) is 2.60. The topological polar surface area (TPSA) is 56.0 Å². The number of aromatic nitrogens is 1. The zero-order valence-electron chi connectivity index (χ0n) is 7.57. The van der Waals surface area contributed by atoms with E-state index >= 15 is 0 Å². The highest BCUT2D eigenvalue weighted by Crippen LogP contribution is 2.23. The van der Waals surface area contributed by atoms with Crippen LogP contribution in [0.15, 0.2) is 21.9 Å². The summed E-state index contributed by atoms with van der Waals surface area (Å²) in [4.78, 5) is 14.6. The molecule has 0 saturated carbocycles. The third-order valence-electron chi connectivity index (χ3n) is 1.38. The lowest BCUT2D eigenvalue weighted by atomic mass is 10.5. The first kappa shape index (κ1) is 12.1.